The molecular weight excluding hydrogens is 316 g/mol. The molecule has 0 aromatic heterocycles. The summed E-state index contributed by atoms with van der Waals surface area (Å²) in [4.78, 5) is 27.7. The maximum Gasteiger partial charge on any atom is 0.307 e. The molecule has 0 N–H and O–H groups in total. The van der Waals surface area contributed by atoms with Crippen LogP contribution in [-0.2, 0) is 20.7 Å². The highest BCUT2D eigenvalue weighted by atomic mass is 35.5. The van der Waals surface area contributed by atoms with Crippen molar-refractivity contribution in [3.05, 3.63) is 34.9 Å². The van der Waals surface area contributed by atoms with Gasteiger partial charge in [0.15, 0.2) is 0 Å². The zero-order chi connectivity index (χ0) is 17.2. The number of carbonyl (C=O) groups excluding carboxylic acids is 2. The molecule has 5 nitrogen and oxygen atoms in total. The molecule has 0 aliphatic heterocycles. The van der Waals surface area contributed by atoms with Crippen LogP contribution < -0.4 is 0 Å². The number of halogens is 1. The van der Waals surface area contributed by atoms with Crippen LogP contribution in [0.1, 0.15) is 18.9 Å². The number of esters is 1. The number of carbonyl (C=O) groups is 2. The van der Waals surface area contributed by atoms with Crippen LogP contribution in [0, 0.1) is 0 Å². The highest BCUT2D eigenvalue weighted by Crippen LogP contribution is 2.11. The lowest BCUT2D eigenvalue weighted by Gasteiger charge is -2.24. The molecule has 0 aliphatic rings. The Balaban J connectivity index is 2.63. The Morgan fingerprint density at radius 2 is 1.74 bits per heavy atom. The number of rotatable bonds is 9. The molecule has 0 spiro atoms. The van der Waals surface area contributed by atoms with Crippen LogP contribution in [0.15, 0.2) is 24.3 Å². The van der Waals surface area contributed by atoms with Crippen LogP contribution in [0.25, 0.3) is 0 Å². The summed E-state index contributed by atoms with van der Waals surface area (Å²) in [5, 5.41) is 0.646. The molecule has 0 saturated carbocycles. The molecule has 23 heavy (non-hydrogen) atoms. The quantitative estimate of drug-likeness (QED) is 0.647. The number of hydrogen-bond donors (Lipinski definition) is 0. The van der Waals surface area contributed by atoms with Crippen molar-refractivity contribution in [1.82, 2.24) is 9.80 Å². The van der Waals surface area contributed by atoms with E-state index in [0.717, 1.165) is 12.1 Å². The van der Waals surface area contributed by atoms with E-state index < -0.39 is 0 Å². The molecule has 0 bridgehead atoms. The van der Waals surface area contributed by atoms with Gasteiger partial charge in [-0.3, -0.25) is 9.59 Å². The van der Waals surface area contributed by atoms with Gasteiger partial charge in [-0.25, -0.2) is 0 Å². The van der Waals surface area contributed by atoms with Gasteiger partial charge in [-0.15, -0.1) is 0 Å². The topological polar surface area (TPSA) is 49.9 Å². The number of likely N-dealkylation sites (N-methyl/N-ethyl adjacent to an activating group) is 1. The monoisotopic (exact) mass is 340 g/mol. The van der Waals surface area contributed by atoms with Gasteiger partial charge in [0.05, 0.1) is 19.4 Å². The second-order valence-electron chi connectivity index (χ2n) is 5.54. The van der Waals surface area contributed by atoms with Gasteiger partial charge in [0.2, 0.25) is 5.91 Å². The average molecular weight is 341 g/mol. The zero-order valence-electron chi connectivity index (χ0n) is 14.0. The normalized spacial score (nSPS) is 10.7. The Morgan fingerprint density at radius 3 is 2.30 bits per heavy atom. The molecule has 0 saturated heterocycles. The summed E-state index contributed by atoms with van der Waals surface area (Å²) in [6.07, 6.45) is 0.515. The van der Waals surface area contributed by atoms with E-state index in [4.69, 9.17) is 16.3 Å². The van der Waals surface area contributed by atoms with Crippen LogP contribution in [0.5, 0.6) is 0 Å². The van der Waals surface area contributed by atoms with E-state index in [0.29, 0.717) is 31.1 Å². The molecule has 0 radical (unpaired) electrons. The predicted molar refractivity (Wildman–Crippen MR) is 91.5 cm³/mol. The second-order valence-corrected chi connectivity index (χ2v) is 5.98. The van der Waals surface area contributed by atoms with Crippen LogP contribution in [0.2, 0.25) is 5.02 Å². The number of amides is 1. The van der Waals surface area contributed by atoms with E-state index in [1.165, 1.54) is 0 Å². The third-order valence-corrected chi connectivity index (χ3v) is 3.58. The first-order valence-corrected chi connectivity index (χ1v) is 8.12. The molecule has 0 aliphatic carbocycles. The van der Waals surface area contributed by atoms with E-state index in [2.05, 4.69) is 0 Å². The van der Waals surface area contributed by atoms with Crippen molar-refractivity contribution in [3.8, 4) is 0 Å². The molecular formula is C17H25ClN2O3. The SMILES string of the molecule is CCOC(=O)CCN(CCN(C)C)C(=O)Cc1ccc(Cl)cc1. The Bertz CT molecular complexity index is 503. The summed E-state index contributed by atoms with van der Waals surface area (Å²) >= 11 is 5.86. The minimum absolute atomic E-state index is 0.00142. The van der Waals surface area contributed by atoms with Crippen molar-refractivity contribution in [3.63, 3.8) is 0 Å². The molecule has 1 aromatic rings. The van der Waals surface area contributed by atoms with E-state index in [1.807, 2.05) is 31.1 Å². The first-order valence-electron chi connectivity index (χ1n) is 7.75. The van der Waals surface area contributed by atoms with Crippen LogP contribution >= 0.6 is 11.6 Å². The van der Waals surface area contributed by atoms with Gasteiger partial charge in [0.1, 0.15) is 0 Å². The fourth-order valence-electron chi connectivity index (χ4n) is 2.03. The van der Waals surface area contributed by atoms with Crippen molar-refractivity contribution in [2.75, 3.05) is 40.3 Å². The third kappa shape index (κ3) is 8.00. The molecule has 0 heterocycles. The summed E-state index contributed by atoms with van der Waals surface area (Å²) in [5.41, 5.74) is 0.908. The van der Waals surface area contributed by atoms with Crippen molar-refractivity contribution < 1.29 is 14.3 Å². The lowest BCUT2D eigenvalue weighted by molar-refractivity contribution is -0.144. The largest absolute Gasteiger partial charge is 0.466 e. The maximum absolute atomic E-state index is 12.5. The van der Waals surface area contributed by atoms with Gasteiger partial charge in [-0.2, -0.15) is 0 Å². The van der Waals surface area contributed by atoms with E-state index in [1.54, 1.807) is 24.0 Å². The number of ether oxygens (including phenoxy) is 1. The fraction of sp³-hybridized carbons (Fsp3) is 0.529. The Labute approximate surface area is 143 Å². The first-order chi connectivity index (χ1) is 10.9. The molecule has 1 aromatic carbocycles. The predicted octanol–water partition coefficient (Wildman–Crippen LogP) is 2.23. The Morgan fingerprint density at radius 1 is 1.09 bits per heavy atom. The highest BCUT2D eigenvalue weighted by molar-refractivity contribution is 6.30. The summed E-state index contributed by atoms with van der Waals surface area (Å²) in [6, 6.07) is 7.23. The molecule has 1 amide bonds. The first kappa shape index (κ1) is 19.5. The molecule has 128 valence electrons. The van der Waals surface area contributed by atoms with Crippen LogP contribution in [-0.4, -0.2) is 62.0 Å². The number of nitrogens with zero attached hydrogens (tertiary/aromatic N) is 2. The van der Waals surface area contributed by atoms with Crippen molar-refractivity contribution in [2.24, 2.45) is 0 Å². The van der Waals surface area contributed by atoms with Crippen LogP contribution in [0.4, 0.5) is 0 Å². The Hall–Kier alpha value is -1.59. The summed E-state index contributed by atoms with van der Waals surface area (Å²) in [6.45, 7) is 3.83. The minimum Gasteiger partial charge on any atom is -0.466 e. The van der Waals surface area contributed by atoms with Gasteiger partial charge >= 0.3 is 5.97 Å². The number of hydrogen-bond acceptors (Lipinski definition) is 4. The lowest BCUT2D eigenvalue weighted by atomic mass is 10.1. The third-order valence-electron chi connectivity index (χ3n) is 3.33. The smallest absolute Gasteiger partial charge is 0.307 e. The lowest BCUT2D eigenvalue weighted by Crippen LogP contribution is -2.39. The van der Waals surface area contributed by atoms with Gasteiger partial charge < -0.3 is 14.5 Å². The van der Waals surface area contributed by atoms with Crippen LogP contribution in [0.3, 0.4) is 0 Å². The van der Waals surface area contributed by atoms with Gasteiger partial charge in [-0.1, -0.05) is 23.7 Å². The van der Waals surface area contributed by atoms with Crippen molar-refractivity contribution >= 4 is 23.5 Å². The summed E-state index contributed by atoms with van der Waals surface area (Å²) < 4.78 is 4.93. The average Bonchev–Trinajstić information content (AvgIpc) is 2.49. The molecule has 0 atom stereocenters. The number of benzene rings is 1. The minimum atomic E-state index is -0.276. The zero-order valence-corrected chi connectivity index (χ0v) is 14.8. The van der Waals surface area contributed by atoms with Crippen molar-refractivity contribution in [1.29, 1.82) is 0 Å². The second kappa shape index (κ2) is 10.2. The van der Waals surface area contributed by atoms with Gasteiger partial charge in [0.25, 0.3) is 0 Å². The van der Waals surface area contributed by atoms with E-state index in [9.17, 15) is 9.59 Å². The van der Waals surface area contributed by atoms with Crippen molar-refractivity contribution in [2.45, 2.75) is 19.8 Å². The highest BCUT2D eigenvalue weighted by Gasteiger charge is 2.16. The molecule has 1 rings (SSSR count). The summed E-state index contributed by atoms with van der Waals surface area (Å²) in [5.74, 6) is -0.278. The van der Waals surface area contributed by atoms with E-state index >= 15 is 0 Å². The maximum atomic E-state index is 12.5. The molecule has 6 heteroatoms. The molecule has 0 fully saturated rings. The fourth-order valence-corrected chi connectivity index (χ4v) is 2.16. The summed E-state index contributed by atoms with van der Waals surface area (Å²) in [7, 11) is 3.90. The van der Waals surface area contributed by atoms with Gasteiger partial charge in [-0.05, 0) is 38.7 Å². The van der Waals surface area contributed by atoms with E-state index in [-0.39, 0.29) is 18.3 Å². The molecule has 0 unspecified atom stereocenters. The standard InChI is InChI=1S/C17H25ClN2O3/c1-4-23-17(22)9-10-20(12-11-19(2)3)16(21)13-14-5-7-15(18)8-6-14/h5-8H,4,9-13H2,1-3H3. The van der Waals surface area contributed by atoms with Gasteiger partial charge in [0, 0.05) is 24.7 Å². The Kier molecular flexibility index (Phi) is 8.66.